The second-order valence-corrected chi connectivity index (χ2v) is 7.60. The van der Waals surface area contributed by atoms with Crippen LogP contribution in [0.25, 0.3) is 0 Å². The fraction of sp³-hybridized carbons (Fsp3) is 0.533. The Balaban J connectivity index is 2.72. The van der Waals surface area contributed by atoms with Crippen molar-refractivity contribution in [1.82, 2.24) is 0 Å². The number of benzene rings is 1. The molecule has 0 heterocycles. The number of hydrogen-bond acceptors (Lipinski definition) is 3. The molecule has 1 aromatic carbocycles. The van der Waals surface area contributed by atoms with Crippen molar-refractivity contribution in [1.29, 1.82) is 0 Å². The van der Waals surface area contributed by atoms with E-state index in [0.717, 1.165) is 18.6 Å². The van der Waals surface area contributed by atoms with Gasteiger partial charge in [0, 0.05) is 6.42 Å². The Morgan fingerprint density at radius 3 is 2.14 bits per heavy atom. The molecule has 0 amide bonds. The second kappa shape index (κ2) is 7.26. The van der Waals surface area contributed by atoms with E-state index in [2.05, 4.69) is 0 Å². The summed E-state index contributed by atoms with van der Waals surface area (Å²) in [6.45, 7) is 4.01. The molecule has 3 nitrogen and oxygen atoms in total. The molecule has 0 aromatic heterocycles. The van der Waals surface area contributed by atoms with Gasteiger partial charge in [0.2, 0.25) is 0 Å². The van der Waals surface area contributed by atoms with Gasteiger partial charge in [-0.2, -0.15) is 13.2 Å². The van der Waals surface area contributed by atoms with Gasteiger partial charge in [0.05, 0.1) is 10.5 Å². The zero-order chi connectivity index (χ0) is 17.0. The van der Waals surface area contributed by atoms with Crippen LogP contribution in [0.3, 0.4) is 0 Å². The van der Waals surface area contributed by atoms with Gasteiger partial charge < -0.3 is 0 Å². The molecule has 0 atom stereocenters. The first-order valence-corrected chi connectivity index (χ1v) is 8.59. The SMILES string of the molecule is CC(C)CCCC(=O)CS(=O)(=O)c1ccc(C(F)(F)F)cc1. The van der Waals surface area contributed by atoms with Crippen LogP contribution in [0.15, 0.2) is 29.2 Å². The number of alkyl halides is 3. The van der Waals surface area contributed by atoms with E-state index in [1.807, 2.05) is 13.8 Å². The minimum atomic E-state index is -4.52. The number of halogens is 3. The summed E-state index contributed by atoms with van der Waals surface area (Å²) in [7, 11) is -3.89. The van der Waals surface area contributed by atoms with Crippen molar-refractivity contribution in [2.45, 2.75) is 44.2 Å². The Kier molecular flexibility index (Phi) is 6.17. The van der Waals surface area contributed by atoms with E-state index < -0.39 is 33.1 Å². The van der Waals surface area contributed by atoms with Crippen molar-refractivity contribution in [3.05, 3.63) is 29.8 Å². The van der Waals surface area contributed by atoms with Gasteiger partial charge in [-0.05, 0) is 36.6 Å². The lowest BCUT2D eigenvalue weighted by Gasteiger charge is -2.08. The molecule has 0 aliphatic rings. The van der Waals surface area contributed by atoms with Crippen molar-refractivity contribution in [3.8, 4) is 0 Å². The Morgan fingerprint density at radius 1 is 1.14 bits per heavy atom. The van der Waals surface area contributed by atoms with Crippen LogP contribution in [-0.4, -0.2) is 20.0 Å². The molecule has 22 heavy (non-hydrogen) atoms. The summed E-state index contributed by atoms with van der Waals surface area (Å²) in [6.07, 6.45) is -2.92. The standard InChI is InChI=1S/C15H19F3O3S/c1-11(2)4-3-5-13(19)10-22(20,21)14-8-6-12(7-9-14)15(16,17)18/h6-9,11H,3-5,10H2,1-2H3. The molecule has 7 heteroatoms. The summed E-state index contributed by atoms with van der Waals surface area (Å²) in [4.78, 5) is 11.4. The lowest BCUT2D eigenvalue weighted by molar-refractivity contribution is -0.137. The van der Waals surface area contributed by atoms with Crippen LogP contribution >= 0.6 is 0 Å². The number of ketones is 1. The van der Waals surface area contributed by atoms with Crippen LogP contribution < -0.4 is 0 Å². The molecule has 0 radical (unpaired) electrons. The highest BCUT2D eigenvalue weighted by Crippen LogP contribution is 2.29. The van der Waals surface area contributed by atoms with Crippen LogP contribution in [0, 0.1) is 5.92 Å². The van der Waals surface area contributed by atoms with Gasteiger partial charge in [-0.25, -0.2) is 8.42 Å². The summed E-state index contributed by atoms with van der Waals surface area (Å²) < 4.78 is 61.3. The van der Waals surface area contributed by atoms with Crippen molar-refractivity contribution >= 4 is 15.6 Å². The first-order valence-electron chi connectivity index (χ1n) is 6.94. The molecule has 1 rings (SSSR count). The first kappa shape index (κ1) is 18.7. The summed E-state index contributed by atoms with van der Waals surface area (Å²) in [6, 6.07) is 3.19. The molecule has 0 aliphatic carbocycles. The van der Waals surface area contributed by atoms with Crippen LogP contribution in [0.2, 0.25) is 0 Å². The third kappa shape index (κ3) is 5.79. The fourth-order valence-corrected chi connectivity index (χ4v) is 3.21. The van der Waals surface area contributed by atoms with Crippen molar-refractivity contribution in [3.63, 3.8) is 0 Å². The predicted molar refractivity (Wildman–Crippen MR) is 77.2 cm³/mol. The maximum atomic E-state index is 12.4. The molecular formula is C15H19F3O3S. The molecule has 0 fully saturated rings. The van der Waals surface area contributed by atoms with Crippen LogP contribution in [0.5, 0.6) is 0 Å². The lowest BCUT2D eigenvalue weighted by atomic mass is 10.1. The van der Waals surface area contributed by atoms with Gasteiger partial charge in [0.1, 0.15) is 11.5 Å². The largest absolute Gasteiger partial charge is 0.416 e. The van der Waals surface area contributed by atoms with E-state index in [4.69, 9.17) is 0 Å². The molecule has 0 saturated heterocycles. The molecule has 0 unspecified atom stereocenters. The number of carbonyl (C=O) groups is 1. The van der Waals surface area contributed by atoms with Crippen molar-refractivity contribution < 1.29 is 26.4 Å². The minimum absolute atomic E-state index is 0.165. The van der Waals surface area contributed by atoms with E-state index in [1.165, 1.54) is 0 Å². The number of carbonyl (C=O) groups excluding carboxylic acids is 1. The molecule has 0 aliphatic heterocycles. The predicted octanol–water partition coefficient (Wildman–Crippen LogP) is 3.87. The van der Waals surface area contributed by atoms with Gasteiger partial charge in [0.25, 0.3) is 0 Å². The quantitative estimate of drug-likeness (QED) is 0.759. The van der Waals surface area contributed by atoms with Crippen LogP contribution in [0.1, 0.15) is 38.7 Å². The number of hydrogen-bond donors (Lipinski definition) is 0. The Bertz CT molecular complexity index is 602. The van der Waals surface area contributed by atoms with Gasteiger partial charge in [-0.3, -0.25) is 4.79 Å². The molecular weight excluding hydrogens is 317 g/mol. The summed E-state index contributed by atoms with van der Waals surface area (Å²) in [5, 5.41) is 0. The fourth-order valence-electron chi connectivity index (χ4n) is 1.93. The monoisotopic (exact) mass is 336 g/mol. The van der Waals surface area contributed by atoms with Crippen molar-refractivity contribution in [2.75, 3.05) is 5.75 Å². The number of Topliss-reactive ketones (excluding diaryl/α,β-unsaturated/α-hetero) is 1. The maximum Gasteiger partial charge on any atom is 0.416 e. The lowest BCUT2D eigenvalue weighted by Crippen LogP contribution is -2.16. The van der Waals surface area contributed by atoms with Gasteiger partial charge in [-0.15, -0.1) is 0 Å². The van der Waals surface area contributed by atoms with Crippen LogP contribution in [0.4, 0.5) is 13.2 Å². The Hall–Kier alpha value is -1.37. The normalized spacial score (nSPS) is 12.6. The topological polar surface area (TPSA) is 51.2 Å². The summed E-state index contributed by atoms with van der Waals surface area (Å²) >= 11 is 0. The summed E-state index contributed by atoms with van der Waals surface area (Å²) in [5.74, 6) is -0.656. The molecule has 0 N–H and O–H groups in total. The highest BCUT2D eigenvalue weighted by atomic mass is 32.2. The van der Waals surface area contributed by atoms with E-state index in [-0.39, 0.29) is 11.3 Å². The van der Waals surface area contributed by atoms with E-state index >= 15 is 0 Å². The smallest absolute Gasteiger partial charge is 0.299 e. The summed E-state index contributed by atoms with van der Waals surface area (Å²) in [5.41, 5.74) is -0.922. The Labute approximate surface area is 128 Å². The van der Waals surface area contributed by atoms with E-state index in [9.17, 15) is 26.4 Å². The highest BCUT2D eigenvalue weighted by molar-refractivity contribution is 7.92. The molecule has 0 spiro atoms. The first-order chi connectivity index (χ1) is 10.0. The average Bonchev–Trinajstić information content (AvgIpc) is 2.36. The maximum absolute atomic E-state index is 12.4. The van der Waals surface area contributed by atoms with E-state index in [1.54, 1.807) is 0 Å². The number of rotatable bonds is 7. The molecule has 124 valence electrons. The number of sulfone groups is 1. The average molecular weight is 336 g/mol. The minimum Gasteiger partial charge on any atom is -0.299 e. The van der Waals surface area contributed by atoms with Gasteiger partial charge in [-0.1, -0.05) is 20.3 Å². The van der Waals surface area contributed by atoms with Crippen LogP contribution in [-0.2, 0) is 20.8 Å². The highest BCUT2D eigenvalue weighted by Gasteiger charge is 2.30. The van der Waals surface area contributed by atoms with Crippen molar-refractivity contribution in [2.24, 2.45) is 5.92 Å². The van der Waals surface area contributed by atoms with E-state index in [0.29, 0.717) is 24.5 Å². The third-order valence-corrected chi connectivity index (χ3v) is 4.82. The second-order valence-electron chi connectivity index (χ2n) is 5.61. The van der Waals surface area contributed by atoms with Gasteiger partial charge in [0.15, 0.2) is 9.84 Å². The zero-order valence-corrected chi connectivity index (χ0v) is 13.3. The molecule has 0 bridgehead atoms. The zero-order valence-electron chi connectivity index (χ0n) is 12.5. The molecule has 0 saturated carbocycles. The molecule has 1 aromatic rings. The van der Waals surface area contributed by atoms with Gasteiger partial charge >= 0.3 is 6.18 Å². The third-order valence-electron chi connectivity index (χ3n) is 3.13. The Morgan fingerprint density at radius 2 is 1.68 bits per heavy atom.